The SMILES string of the molecule is COc1cc(OC)cc(-c2nnc(S(=O)(=O)CC(=O)N3CCCc4ccccc43)o2)c1. The van der Waals surface area contributed by atoms with Gasteiger partial charge in [0.2, 0.25) is 21.6 Å². The van der Waals surface area contributed by atoms with Crippen LogP contribution in [0.2, 0.25) is 0 Å². The number of carbonyl (C=O) groups excluding carboxylic acids is 1. The second kappa shape index (κ2) is 8.38. The van der Waals surface area contributed by atoms with Crippen molar-refractivity contribution in [1.82, 2.24) is 10.2 Å². The smallest absolute Gasteiger partial charge is 0.336 e. The summed E-state index contributed by atoms with van der Waals surface area (Å²) in [5.74, 6) is -0.349. The second-order valence-corrected chi connectivity index (χ2v) is 8.88. The van der Waals surface area contributed by atoms with Crippen LogP contribution in [0.1, 0.15) is 12.0 Å². The number of hydrogen-bond donors (Lipinski definition) is 0. The van der Waals surface area contributed by atoms with Crippen molar-refractivity contribution in [2.24, 2.45) is 0 Å². The van der Waals surface area contributed by atoms with Crippen LogP contribution >= 0.6 is 0 Å². The van der Waals surface area contributed by atoms with Gasteiger partial charge in [0.15, 0.2) is 0 Å². The average Bonchev–Trinajstić information content (AvgIpc) is 3.29. The lowest BCUT2D eigenvalue weighted by Crippen LogP contribution is -2.39. The van der Waals surface area contributed by atoms with Crippen LogP contribution in [0, 0.1) is 0 Å². The lowest BCUT2D eigenvalue weighted by Gasteiger charge is -2.29. The Morgan fingerprint density at radius 3 is 2.52 bits per heavy atom. The Bertz CT molecular complexity index is 1200. The molecule has 0 N–H and O–H groups in total. The number of carbonyl (C=O) groups is 1. The van der Waals surface area contributed by atoms with Crippen LogP contribution in [-0.2, 0) is 21.1 Å². The molecule has 0 aliphatic carbocycles. The van der Waals surface area contributed by atoms with Gasteiger partial charge in [-0.1, -0.05) is 23.3 Å². The predicted octanol–water partition coefficient (Wildman–Crippen LogP) is 2.51. The lowest BCUT2D eigenvalue weighted by molar-refractivity contribution is -0.116. The fraction of sp³-hybridized carbons (Fsp3) is 0.286. The van der Waals surface area contributed by atoms with Crippen LogP contribution in [0.25, 0.3) is 11.5 Å². The minimum absolute atomic E-state index is 0.0217. The molecule has 2 aromatic carbocycles. The first-order valence-corrected chi connectivity index (χ1v) is 11.2. The van der Waals surface area contributed by atoms with Gasteiger partial charge in [-0.05, 0) is 36.6 Å². The Labute approximate surface area is 179 Å². The summed E-state index contributed by atoms with van der Waals surface area (Å²) in [5, 5.41) is 6.88. The van der Waals surface area contributed by atoms with Crippen LogP contribution in [0.15, 0.2) is 52.1 Å². The third-order valence-electron chi connectivity index (χ3n) is 5.00. The summed E-state index contributed by atoms with van der Waals surface area (Å²) in [6.07, 6.45) is 1.62. The number of sulfone groups is 1. The highest BCUT2D eigenvalue weighted by Gasteiger charge is 2.31. The molecule has 1 aliphatic rings. The normalized spacial score (nSPS) is 13.5. The van der Waals surface area contributed by atoms with Crippen LogP contribution < -0.4 is 14.4 Å². The minimum Gasteiger partial charge on any atom is -0.497 e. The molecule has 2 heterocycles. The summed E-state index contributed by atoms with van der Waals surface area (Å²) in [4.78, 5) is 14.3. The molecule has 3 aromatic rings. The minimum atomic E-state index is -4.12. The van der Waals surface area contributed by atoms with Gasteiger partial charge in [-0.25, -0.2) is 8.42 Å². The quantitative estimate of drug-likeness (QED) is 0.571. The molecule has 10 heteroatoms. The number of nitrogens with zero attached hydrogens (tertiary/aromatic N) is 3. The Kier molecular flexibility index (Phi) is 5.64. The summed E-state index contributed by atoms with van der Waals surface area (Å²) in [7, 11) is -1.14. The van der Waals surface area contributed by atoms with Gasteiger partial charge < -0.3 is 18.8 Å². The number of aryl methyl sites for hydroxylation is 1. The van der Waals surface area contributed by atoms with E-state index in [0.29, 0.717) is 23.6 Å². The van der Waals surface area contributed by atoms with E-state index in [1.807, 2.05) is 24.3 Å². The maximum atomic E-state index is 12.8. The number of ether oxygens (including phenoxy) is 2. The molecule has 0 saturated carbocycles. The number of benzene rings is 2. The number of anilines is 1. The average molecular weight is 443 g/mol. The van der Waals surface area contributed by atoms with Gasteiger partial charge in [0, 0.05) is 23.9 Å². The van der Waals surface area contributed by atoms with E-state index in [2.05, 4.69) is 10.2 Å². The van der Waals surface area contributed by atoms with Crippen molar-refractivity contribution >= 4 is 21.4 Å². The van der Waals surface area contributed by atoms with Crippen molar-refractivity contribution in [1.29, 1.82) is 0 Å². The largest absolute Gasteiger partial charge is 0.497 e. The summed E-state index contributed by atoms with van der Waals surface area (Å²) in [6, 6.07) is 12.4. The molecule has 31 heavy (non-hydrogen) atoms. The number of rotatable bonds is 6. The van der Waals surface area contributed by atoms with Crippen molar-refractivity contribution < 1.29 is 27.1 Å². The second-order valence-electron chi connectivity index (χ2n) is 7.01. The van der Waals surface area contributed by atoms with E-state index >= 15 is 0 Å². The molecule has 0 fully saturated rings. The van der Waals surface area contributed by atoms with E-state index in [0.717, 1.165) is 24.1 Å². The summed E-state index contributed by atoms with van der Waals surface area (Å²) in [6.45, 7) is 0.462. The first-order chi connectivity index (χ1) is 14.9. The molecule has 162 valence electrons. The molecule has 4 rings (SSSR count). The highest BCUT2D eigenvalue weighted by atomic mass is 32.2. The van der Waals surface area contributed by atoms with Crippen LogP contribution in [0.5, 0.6) is 11.5 Å². The zero-order chi connectivity index (χ0) is 22.0. The van der Waals surface area contributed by atoms with Crippen molar-refractivity contribution in [2.75, 3.05) is 31.4 Å². The molecule has 9 nitrogen and oxygen atoms in total. The maximum absolute atomic E-state index is 12.8. The molecule has 1 amide bonds. The molecular formula is C21H21N3O6S. The van der Waals surface area contributed by atoms with E-state index in [9.17, 15) is 13.2 Å². The Balaban J connectivity index is 1.57. The monoisotopic (exact) mass is 443 g/mol. The summed E-state index contributed by atoms with van der Waals surface area (Å²) in [5.41, 5.74) is 2.19. The zero-order valence-electron chi connectivity index (χ0n) is 17.1. The van der Waals surface area contributed by atoms with E-state index in [1.165, 1.54) is 19.1 Å². The molecule has 1 aliphatic heterocycles. The third kappa shape index (κ3) is 4.24. The molecule has 1 aromatic heterocycles. The topological polar surface area (TPSA) is 112 Å². The van der Waals surface area contributed by atoms with Crippen molar-refractivity contribution in [3.05, 3.63) is 48.0 Å². The molecular weight excluding hydrogens is 422 g/mol. The highest BCUT2D eigenvalue weighted by molar-refractivity contribution is 7.91. The number of methoxy groups -OCH3 is 2. The molecule has 0 saturated heterocycles. The van der Waals surface area contributed by atoms with Crippen LogP contribution in [-0.4, -0.2) is 51.0 Å². The fourth-order valence-corrected chi connectivity index (χ4v) is 4.45. The first kappa shape index (κ1) is 20.9. The number of hydrogen-bond acceptors (Lipinski definition) is 8. The predicted molar refractivity (Wildman–Crippen MR) is 112 cm³/mol. The Morgan fingerprint density at radius 2 is 1.81 bits per heavy atom. The highest BCUT2D eigenvalue weighted by Crippen LogP contribution is 2.30. The summed E-state index contributed by atoms with van der Waals surface area (Å²) < 4.78 is 41.4. The molecule has 0 atom stereocenters. The third-order valence-corrected chi connectivity index (χ3v) is 6.32. The van der Waals surface area contributed by atoms with Gasteiger partial charge in [-0.15, -0.1) is 5.10 Å². The van der Waals surface area contributed by atoms with Gasteiger partial charge in [-0.3, -0.25) is 4.79 Å². The number of para-hydroxylation sites is 1. The number of fused-ring (bicyclic) bond motifs is 1. The van der Waals surface area contributed by atoms with Crippen LogP contribution in [0.4, 0.5) is 5.69 Å². The molecule has 0 bridgehead atoms. The van der Waals surface area contributed by atoms with Crippen molar-refractivity contribution in [3.63, 3.8) is 0 Å². The van der Waals surface area contributed by atoms with Crippen molar-refractivity contribution in [2.45, 2.75) is 18.1 Å². The number of aromatic nitrogens is 2. The van der Waals surface area contributed by atoms with Crippen molar-refractivity contribution in [3.8, 4) is 23.0 Å². The first-order valence-electron chi connectivity index (χ1n) is 9.59. The molecule has 0 radical (unpaired) electrons. The van der Waals surface area contributed by atoms with Gasteiger partial charge in [-0.2, -0.15) is 0 Å². The summed E-state index contributed by atoms with van der Waals surface area (Å²) >= 11 is 0. The van der Waals surface area contributed by atoms with Crippen LogP contribution in [0.3, 0.4) is 0 Å². The van der Waals surface area contributed by atoms with Gasteiger partial charge in [0.25, 0.3) is 0 Å². The molecule has 0 spiro atoms. The molecule has 0 unspecified atom stereocenters. The standard InChI is InChI=1S/C21H21N3O6S/c1-28-16-10-15(11-17(12-16)29-2)20-22-23-21(30-20)31(26,27)13-19(25)24-9-5-7-14-6-3-4-8-18(14)24/h3-4,6,8,10-12H,5,7,9,13H2,1-2H3. The lowest BCUT2D eigenvalue weighted by atomic mass is 10.0. The van der Waals surface area contributed by atoms with E-state index in [-0.39, 0.29) is 5.89 Å². The van der Waals surface area contributed by atoms with E-state index in [1.54, 1.807) is 18.2 Å². The zero-order valence-corrected chi connectivity index (χ0v) is 17.9. The van der Waals surface area contributed by atoms with E-state index in [4.69, 9.17) is 13.9 Å². The van der Waals surface area contributed by atoms with E-state index < -0.39 is 26.7 Å². The Hall–Kier alpha value is -3.40. The maximum Gasteiger partial charge on any atom is 0.336 e. The van der Waals surface area contributed by atoms with Gasteiger partial charge >= 0.3 is 5.22 Å². The van der Waals surface area contributed by atoms with Gasteiger partial charge in [0.1, 0.15) is 17.3 Å². The fourth-order valence-electron chi connectivity index (χ4n) is 3.48. The Morgan fingerprint density at radius 1 is 1.10 bits per heavy atom. The number of amides is 1. The van der Waals surface area contributed by atoms with Gasteiger partial charge in [0.05, 0.1) is 14.2 Å².